The van der Waals surface area contributed by atoms with Crippen LogP contribution in [-0.2, 0) is 0 Å². The summed E-state index contributed by atoms with van der Waals surface area (Å²) in [5, 5.41) is 2.49. The van der Waals surface area contributed by atoms with Crippen LogP contribution in [0.5, 0.6) is 0 Å². The van der Waals surface area contributed by atoms with E-state index in [1.165, 1.54) is 0 Å². The average molecular weight is 500 g/mol. The molecule has 3 heterocycles. The van der Waals surface area contributed by atoms with Gasteiger partial charge in [-0.25, -0.2) is 18.6 Å². The number of urea groups is 1. The van der Waals surface area contributed by atoms with E-state index in [4.69, 9.17) is 4.98 Å². The van der Waals surface area contributed by atoms with Crippen molar-refractivity contribution in [1.82, 2.24) is 14.3 Å². The molecule has 0 atom stereocenters. The summed E-state index contributed by atoms with van der Waals surface area (Å²) in [5.41, 5.74) is 2.73. The molecule has 2 amide bonds. The van der Waals surface area contributed by atoms with E-state index in [1.54, 1.807) is 4.90 Å². The van der Waals surface area contributed by atoms with E-state index < -0.39 is 17.7 Å². The first-order valence-electron chi connectivity index (χ1n) is 10.3. The Kier molecular flexibility index (Phi) is 5.42. The molecule has 32 heavy (non-hydrogen) atoms. The lowest BCUT2D eigenvalue weighted by atomic mass is 10.3. The number of hydrogen-bond donors (Lipinski definition) is 1. The normalized spacial score (nSPS) is 14.7. The molecule has 1 N–H and O–H groups in total. The van der Waals surface area contributed by atoms with Gasteiger partial charge in [0.1, 0.15) is 11.6 Å². The zero-order valence-electron chi connectivity index (χ0n) is 17.1. The van der Waals surface area contributed by atoms with Gasteiger partial charge >= 0.3 is 6.03 Å². The van der Waals surface area contributed by atoms with E-state index in [1.807, 2.05) is 36.5 Å². The van der Waals surface area contributed by atoms with Gasteiger partial charge in [-0.1, -0.05) is 15.9 Å². The quantitative estimate of drug-likeness (QED) is 0.408. The van der Waals surface area contributed by atoms with Gasteiger partial charge in [-0.3, -0.25) is 0 Å². The van der Waals surface area contributed by atoms with Crippen LogP contribution >= 0.6 is 15.9 Å². The molecule has 0 spiro atoms. The second-order valence-corrected chi connectivity index (χ2v) is 8.63. The third-order valence-corrected chi connectivity index (χ3v) is 6.15. The maximum absolute atomic E-state index is 13.9. The molecule has 2 aromatic carbocycles. The van der Waals surface area contributed by atoms with Gasteiger partial charge in [-0.15, -0.1) is 0 Å². The summed E-state index contributed by atoms with van der Waals surface area (Å²) in [5.74, 6) is -0.411. The van der Waals surface area contributed by atoms with E-state index in [9.17, 15) is 13.6 Å². The van der Waals surface area contributed by atoms with Crippen molar-refractivity contribution in [2.45, 2.75) is 6.42 Å². The Morgan fingerprint density at radius 3 is 2.75 bits per heavy atom. The summed E-state index contributed by atoms with van der Waals surface area (Å²) < 4.78 is 30.4. The number of fused-ring (bicyclic) bond motifs is 3. The second kappa shape index (κ2) is 8.38. The maximum Gasteiger partial charge on any atom is 0.321 e. The number of halogens is 3. The number of benzene rings is 2. The summed E-state index contributed by atoms with van der Waals surface area (Å²) in [4.78, 5) is 21.4. The van der Waals surface area contributed by atoms with Crippen molar-refractivity contribution >= 4 is 50.0 Å². The minimum atomic E-state index is -0.668. The number of hydrogen-bond acceptors (Lipinski definition) is 3. The van der Waals surface area contributed by atoms with E-state index in [-0.39, 0.29) is 5.69 Å². The topological polar surface area (TPSA) is 52.9 Å². The molecule has 164 valence electrons. The Morgan fingerprint density at radius 2 is 1.88 bits per heavy atom. The van der Waals surface area contributed by atoms with Gasteiger partial charge in [-0.2, -0.15) is 0 Å². The maximum atomic E-state index is 13.9. The second-order valence-electron chi connectivity index (χ2n) is 7.71. The molecule has 6 nitrogen and oxygen atoms in total. The molecule has 4 aromatic rings. The van der Waals surface area contributed by atoms with Gasteiger partial charge in [0.15, 0.2) is 5.82 Å². The Morgan fingerprint density at radius 1 is 1.00 bits per heavy atom. The highest BCUT2D eigenvalue weighted by Gasteiger charge is 2.23. The first-order chi connectivity index (χ1) is 15.5. The smallest absolute Gasteiger partial charge is 0.321 e. The molecule has 9 heteroatoms. The molecule has 0 unspecified atom stereocenters. The van der Waals surface area contributed by atoms with Gasteiger partial charge in [0.2, 0.25) is 0 Å². The summed E-state index contributed by atoms with van der Waals surface area (Å²) in [6.07, 6.45) is 2.74. The third-order valence-electron chi connectivity index (χ3n) is 5.65. The summed E-state index contributed by atoms with van der Waals surface area (Å²) in [6.45, 7) is 2.25. The monoisotopic (exact) mass is 499 g/mol. The lowest BCUT2D eigenvalue weighted by Crippen LogP contribution is -2.38. The Bertz CT molecular complexity index is 1320. The van der Waals surface area contributed by atoms with Gasteiger partial charge < -0.3 is 19.5 Å². The van der Waals surface area contributed by atoms with Gasteiger partial charge in [-0.05, 0) is 48.9 Å². The predicted octanol–water partition coefficient (Wildman–Crippen LogP) is 5.27. The minimum absolute atomic E-state index is 0.159. The fourth-order valence-corrected chi connectivity index (χ4v) is 4.44. The third kappa shape index (κ3) is 3.88. The van der Waals surface area contributed by atoms with Crippen LogP contribution in [0, 0.1) is 11.6 Å². The van der Waals surface area contributed by atoms with Crippen LogP contribution in [0.4, 0.5) is 25.1 Å². The van der Waals surface area contributed by atoms with Crippen LogP contribution in [0.3, 0.4) is 0 Å². The number of aromatic nitrogens is 2. The molecular weight excluding hydrogens is 480 g/mol. The Labute approximate surface area is 191 Å². The predicted molar refractivity (Wildman–Crippen MR) is 124 cm³/mol. The molecular formula is C23H20BrF2N5O. The van der Waals surface area contributed by atoms with Crippen molar-refractivity contribution in [2.24, 2.45) is 0 Å². The largest absolute Gasteiger partial charge is 0.353 e. The molecule has 2 aromatic heterocycles. The zero-order chi connectivity index (χ0) is 22.2. The molecule has 5 rings (SSSR count). The van der Waals surface area contributed by atoms with Crippen LogP contribution in [0.1, 0.15) is 6.42 Å². The van der Waals surface area contributed by atoms with Crippen molar-refractivity contribution < 1.29 is 13.6 Å². The zero-order valence-corrected chi connectivity index (χ0v) is 18.6. The molecule has 0 aliphatic carbocycles. The summed E-state index contributed by atoms with van der Waals surface area (Å²) in [7, 11) is 0. The van der Waals surface area contributed by atoms with E-state index in [0.29, 0.717) is 19.6 Å². The minimum Gasteiger partial charge on any atom is -0.353 e. The van der Waals surface area contributed by atoms with Crippen LogP contribution in [-0.4, -0.2) is 46.5 Å². The average Bonchev–Trinajstić information content (AvgIpc) is 3.13. The molecule has 1 fully saturated rings. The fraction of sp³-hybridized carbons (Fsp3) is 0.217. The van der Waals surface area contributed by atoms with Gasteiger partial charge in [0.25, 0.3) is 0 Å². The first-order valence-corrected chi connectivity index (χ1v) is 11.1. The van der Waals surface area contributed by atoms with E-state index in [2.05, 4.69) is 30.5 Å². The Hall–Kier alpha value is -3.20. The lowest BCUT2D eigenvalue weighted by Gasteiger charge is -2.24. The highest BCUT2D eigenvalue weighted by atomic mass is 79.9. The number of amides is 2. The number of nitrogens with zero attached hydrogens (tertiary/aromatic N) is 4. The SMILES string of the molecule is O=C(Nc1cc(F)ccc1F)N1CCCN(c2nc3cc(Br)ccc3n3cccc23)CC1. The van der Waals surface area contributed by atoms with Crippen molar-refractivity contribution in [1.29, 1.82) is 0 Å². The molecule has 1 saturated heterocycles. The first kappa shape index (κ1) is 20.7. The fourth-order valence-electron chi connectivity index (χ4n) is 4.09. The number of carbonyl (C=O) groups excluding carboxylic acids is 1. The lowest BCUT2D eigenvalue weighted by molar-refractivity contribution is 0.215. The summed E-state index contributed by atoms with van der Waals surface area (Å²) in [6, 6.07) is 12.6. The van der Waals surface area contributed by atoms with Gasteiger partial charge in [0.05, 0.1) is 22.2 Å². The standard InChI is InChI=1S/C23H20BrF2N5O/c24-15-4-7-20-19(13-15)27-22(21-3-1-10-31(20)21)29-8-2-9-30(12-11-29)23(32)28-18-14-16(25)5-6-17(18)26/h1,3-7,10,13-14H,2,8-9,11-12H2,(H,28,32). The number of anilines is 2. The van der Waals surface area contributed by atoms with Crippen molar-refractivity contribution in [2.75, 3.05) is 36.4 Å². The van der Waals surface area contributed by atoms with Crippen LogP contribution in [0.15, 0.2) is 59.2 Å². The number of rotatable bonds is 2. The van der Waals surface area contributed by atoms with E-state index in [0.717, 1.165) is 58.0 Å². The number of carbonyl (C=O) groups is 1. The van der Waals surface area contributed by atoms with Crippen LogP contribution < -0.4 is 10.2 Å². The molecule has 1 aliphatic rings. The highest BCUT2D eigenvalue weighted by Crippen LogP contribution is 2.28. The highest BCUT2D eigenvalue weighted by molar-refractivity contribution is 9.10. The van der Waals surface area contributed by atoms with E-state index >= 15 is 0 Å². The molecule has 0 saturated carbocycles. The van der Waals surface area contributed by atoms with Crippen LogP contribution in [0.25, 0.3) is 16.6 Å². The van der Waals surface area contributed by atoms with Crippen molar-refractivity contribution in [3.63, 3.8) is 0 Å². The van der Waals surface area contributed by atoms with Crippen molar-refractivity contribution in [3.8, 4) is 0 Å². The summed E-state index contributed by atoms with van der Waals surface area (Å²) >= 11 is 3.52. The molecule has 0 radical (unpaired) electrons. The van der Waals surface area contributed by atoms with Crippen molar-refractivity contribution in [3.05, 3.63) is 70.8 Å². The van der Waals surface area contributed by atoms with Crippen LogP contribution in [0.2, 0.25) is 0 Å². The molecule has 0 bridgehead atoms. The van der Waals surface area contributed by atoms with Gasteiger partial charge in [0, 0.05) is 42.9 Å². The Balaban J connectivity index is 1.38. The molecule has 1 aliphatic heterocycles. The number of nitrogens with one attached hydrogen (secondary N) is 1.